The number of nitrogens with one attached hydrogen (secondary N) is 1. The molecule has 23 heavy (non-hydrogen) atoms. The molecule has 0 aliphatic rings. The van der Waals surface area contributed by atoms with Crippen molar-refractivity contribution >= 4 is 23.1 Å². The van der Waals surface area contributed by atoms with Gasteiger partial charge in [-0.3, -0.25) is 0 Å². The first-order valence-corrected chi connectivity index (χ1v) is 8.32. The summed E-state index contributed by atoms with van der Waals surface area (Å²) in [6.45, 7) is 7.62. The van der Waals surface area contributed by atoms with Crippen LogP contribution in [0.5, 0.6) is 6.01 Å². The fourth-order valence-corrected chi connectivity index (χ4v) is 2.49. The van der Waals surface area contributed by atoms with E-state index in [-0.39, 0.29) is 17.3 Å². The number of alkyl halides is 1. The predicted molar refractivity (Wildman–Crippen MR) is 89.1 cm³/mol. The van der Waals surface area contributed by atoms with Gasteiger partial charge in [-0.05, 0) is 26.7 Å². The average Bonchev–Trinajstić information content (AvgIpc) is 2.81. The average molecular weight is 344 g/mol. The van der Waals surface area contributed by atoms with E-state index in [4.69, 9.17) is 16.3 Å². The fourth-order valence-electron chi connectivity index (χ4n) is 2.28. The number of hydrogen-bond donors (Lipinski definition) is 1. The first-order chi connectivity index (χ1) is 11.0. The van der Waals surface area contributed by atoms with Gasteiger partial charge in [-0.1, -0.05) is 31.9 Å². The lowest BCUT2D eigenvalue weighted by Crippen LogP contribution is -2.31. The van der Waals surface area contributed by atoms with E-state index in [1.165, 1.54) is 4.52 Å². The van der Waals surface area contributed by atoms with Gasteiger partial charge >= 0.3 is 6.01 Å². The number of rotatable bonds is 8. The van der Waals surface area contributed by atoms with Crippen LogP contribution in [0.1, 0.15) is 47.0 Å². The molecule has 8 heteroatoms. The molecule has 2 aromatic heterocycles. The SMILES string of the molecule is CCC[C@@H](Nc1ncc2c(Cl)nc(OC(C)C)n2n1)[C@H](F)CC. The largest absolute Gasteiger partial charge is 0.461 e. The Morgan fingerprint density at radius 1 is 1.39 bits per heavy atom. The third-order valence-electron chi connectivity index (χ3n) is 3.40. The van der Waals surface area contributed by atoms with Crippen LogP contribution in [0.15, 0.2) is 6.20 Å². The molecule has 0 radical (unpaired) electrons. The molecule has 128 valence electrons. The van der Waals surface area contributed by atoms with Gasteiger partial charge < -0.3 is 10.1 Å². The molecule has 0 spiro atoms. The van der Waals surface area contributed by atoms with E-state index in [0.717, 1.165) is 6.42 Å². The third kappa shape index (κ3) is 4.22. The molecule has 0 saturated heterocycles. The van der Waals surface area contributed by atoms with Crippen molar-refractivity contribution in [2.75, 3.05) is 5.32 Å². The fraction of sp³-hybridized carbons (Fsp3) is 0.667. The molecule has 0 aromatic carbocycles. The Bertz CT molecular complexity index is 648. The Morgan fingerprint density at radius 2 is 2.13 bits per heavy atom. The summed E-state index contributed by atoms with van der Waals surface area (Å²) in [6.07, 6.45) is 2.56. The summed E-state index contributed by atoms with van der Waals surface area (Å²) >= 11 is 6.07. The second kappa shape index (κ2) is 7.77. The smallest absolute Gasteiger partial charge is 0.320 e. The van der Waals surface area contributed by atoms with Crippen LogP contribution in [-0.2, 0) is 0 Å². The van der Waals surface area contributed by atoms with Crippen molar-refractivity contribution < 1.29 is 9.13 Å². The molecule has 0 fully saturated rings. The number of hydrogen-bond acceptors (Lipinski definition) is 5. The topological polar surface area (TPSA) is 64.3 Å². The van der Waals surface area contributed by atoms with Crippen LogP contribution < -0.4 is 10.1 Å². The van der Waals surface area contributed by atoms with E-state index in [9.17, 15) is 4.39 Å². The summed E-state index contributed by atoms with van der Waals surface area (Å²) in [5, 5.41) is 7.68. The van der Waals surface area contributed by atoms with Gasteiger partial charge in [0.25, 0.3) is 0 Å². The highest BCUT2D eigenvalue weighted by molar-refractivity contribution is 6.32. The number of halogens is 2. The summed E-state index contributed by atoms with van der Waals surface area (Å²) in [7, 11) is 0. The lowest BCUT2D eigenvalue weighted by atomic mass is 10.1. The van der Waals surface area contributed by atoms with Crippen molar-refractivity contribution in [3.05, 3.63) is 11.3 Å². The second-order valence-electron chi connectivity index (χ2n) is 5.69. The van der Waals surface area contributed by atoms with Gasteiger partial charge in [-0.2, -0.15) is 9.50 Å². The minimum Gasteiger partial charge on any atom is -0.461 e. The molecule has 0 amide bonds. The molecular weight excluding hydrogens is 321 g/mol. The first kappa shape index (κ1) is 17.7. The highest BCUT2D eigenvalue weighted by Gasteiger charge is 2.21. The van der Waals surface area contributed by atoms with Gasteiger partial charge in [0.15, 0.2) is 5.15 Å². The zero-order valence-electron chi connectivity index (χ0n) is 13.9. The third-order valence-corrected chi connectivity index (χ3v) is 3.68. The standard InChI is InChI=1S/C15H23ClFN5O/c1-5-7-11(10(17)6-2)19-14-18-8-12-13(16)20-15(22(12)21-14)23-9(3)4/h8-11H,5-7H2,1-4H3,(H,19,21)/t10-,11-/m1/s1. The first-order valence-electron chi connectivity index (χ1n) is 7.94. The Morgan fingerprint density at radius 3 is 2.74 bits per heavy atom. The van der Waals surface area contributed by atoms with E-state index in [0.29, 0.717) is 30.3 Å². The summed E-state index contributed by atoms with van der Waals surface area (Å²) in [5.74, 6) is 0.328. The minimum absolute atomic E-state index is 0.0637. The summed E-state index contributed by atoms with van der Waals surface area (Å²) < 4.78 is 21.1. The minimum atomic E-state index is -0.952. The highest BCUT2D eigenvalue weighted by Crippen LogP contribution is 2.23. The monoisotopic (exact) mass is 343 g/mol. The molecule has 2 aromatic rings. The van der Waals surface area contributed by atoms with Gasteiger partial charge in [0.1, 0.15) is 11.7 Å². The van der Waals surface area contributed by atoms with Gasteiger partial charge in [0.2, 0.25) is 5.95 Å². The maximum absolute atomic E-state index is 14.1. The van der Waals surface area contributed by atoms with Crippen molar-refractivity contribution in [3.63, 3.8) is 0 Å². The van der Waals surface area contributed by atoms with E-state index in [1.807, 2.05) is 27.7 Å². The lowest BCUT2D eigenvalue weighted by molar-refractivity contribution is 0.218. The molecule has 0 saturated carbocycles. The molecule has 0 bridgehead atoms. The van der Waals surface area contributed by atoms with Crippen LogP contribution in [0.2, 0.25) is 5.15 Å². The highest BCUT2D eigenvalue weighted by atomic mass is 35.5. The summed E-state index contributed by atoms with van der Waals surface area (Å²) in [6, 6.07) is -0.0271. The van der Waals surface area contributed by atoms with Crippen molar-refractivity contribution in [3.8, 4) is 6.01 Å². The van der Waals surface area contributed by atoms with Crippen LogP contribution in [0, 0.1) is 0 Å². The van der Waals surface area contributed by atoms with Crippen LogP contribution in [0.25, 0.3) is 5.52 Å². The number of aromatic nitrogens is 4. The quantitative estimate of drug-likeness (QED) is 0.787. The summed E-state index contributed by atoms with van der Waals surface area (Å²) in [5.41, 5.74) is 0.548. The lowest BCUT2D eigenvalue weighted by Gasteiger charge is -2.21. The van der Waals surface area contributed by atoms with Crippen LogP contribution in [0.4, 0.5) is 10.3 Å². The zero-order valence-corrected chi connectivity index (χ0v) is 14.6. The van der Waals surface area contributed by atoms with Gasteiger partial charge in [-0.25, -0.2) is 9.37 Å². The normalized spacial score (nSPS) is 14.2. The Hall–Kier alpha value is -1.63. The molecule has 2 rings (SSSR count). The molecule has 1 N–H and O–H groups in total. The molecule has 2 atom stereocenters. The van der Waals surface area contributed by atoms with Crippen LogP contribution >= 0.6 is 11.6 Å². The number of imidazole rings is 1. The molecule has 6 nitrogen and oxygen atoms in total. The van der Waals surface area contributed by atoms with Crippen molar-refractivity contribution in [2.24, 2.45) is 0 Å². The summed E-state index contributed by atoms with van der Waals surface area (Å²) in [4.78, 5) is 8.35. The number of fused-ring (bicyclic) bond motifs is 1. The zero-order chi connectivity index (χ0) is 17.0. The number of anilines is 1. The van der Waals surface area contributed by atoms with Gasteiger partial charge in [-0.15, -0.1) is 5.10 Å². The maximum Gasteiger partial charge on any atom is 0.320 e. The van der Waals surface area contributed by atoms with Gasteiger partial charge in [0, 0.05) is 0 Å². The van der Waals surface area contributed by atoms with E-state index in [2.05, 4.69) is 20.4 Å². The second-order valence-corrected chi connectivity index (χ2v) is 6.05. The van der Waals surface area contributed by atoms with Crippen LogP contribution in [0.3, 0.4) is 0 Å². The van der Waals surface area contributed by atoms with Crippen molar-refractivity contribution in [1.82, 2.24) is 19.6 Å². The molecule has 0 unspecified atom stereocenters. The van der Waals surface area contributed by atoms with Gasteiger partial charge in [0.05, 0.1) is 18.3 Å². The molecular formula is C15H23ClFN5O. The maximum atomic E-state index is 14.1. The molecule has 0 aliphatic carbocycles. The Balaban J connectivity index is 2.30. The number of nitrogens with zero attached hydrogens (tertiary/aromatic N) is 4. The van der Waals surface area contributed by atoms with Crippen LogP contribution in [-0.4, -0.2) is 37.9 Å². The van der Waals surface area contributed by atoms with E-state index < -0.39 is 6.17 Å². The Kier molecular flexibility index (Phi) is 5.98. The number of ether oxygens (including phenoxy) is 1. The van der Waals surface area contributed by atoms with Crippen molar-refractivity contribution in [2.45, 2.75) is 65.3 Å². The van der Waals surface area contributed by atoms with Crippen molar-refractivity contribution in [1.29, 1.82) is 0 Å². The molecule has 0 aliphatic heterocycles. The Labute approximate surface area is 140 Å². The van der Waals surface area contributed by atoms with E-state index >= 15 is 0 Å². The van der Waals surface area contributed by atoms with E-state index in [1.54, 1.807) is 6.20 Å². The predicted octanol–water partition coefficient (Wildman–Crippen LogP) is 3.89. The molecule has 2 heterocycles.